The first-order valence-electron chi connectivity index (χ1n) is 7.77. The highest BCUT2D eigenvalue weighted by atomic mass is 15.6. The van der Waals surface area contributed by atoms with E-state index in [1.807, 2.05) is 0 Å². The first kappa shape index (κ1) is 13.2. The predicted molar refractivity (Wildman–Crippen MR) is 73.8 cm³/mol. The van der Waals surface area contributed by atoms with Crippen LogP contribution in [0.25, 0.3) is 0 Å². The molecule has 0 atom stereocenters. The van der Waals surface area contributed by atoms with Crippen molar-refractivity contribution < 1.29 is 0 Å². The van der Waals surface area contributed by atoms with E-state index in [2.05, 4.69) is 32.9 Å². The van der Waals surface area contributed by atoms with Crippen LogP contribution in [0.15, 0.2) is 20.7 Å². The average molecular weight is 263 g/mol. The minimum atomic E-state index is -0.394. The van der Waals surface area contributed by atoms with Crippen molar-refractivity contribution in [3.63, 3.8) is 0 Å². The van der Waals surface area contributed by atoms with E-state index in [0.717, 1.165) is 25.4 Å². The number of piperidine rings is 1. The Bertz CT molecular complexity index is 352. The van der Waals surface area contributed by atoms with Gasteiger partial charge in [0.05, 0.1) is 0 Å². The number of hydrogen-bond donors (Lipinski definition) is 1. The molecule has 1 N–H and O–H groups in total. The Balaban J connectivity index is 1.79. The standard InChI is InChI=1S/C14H25N5/c1-13(16-18-19-17-13)11-14(7-9-15-10-8-14)12-5-3-2-4-6-12/h12,15H,2-11H2,1H3. The van der Waals surface area contributed by atoms with Gasteiger partial charge in [-0.15, -0.1) is 10.2 Å². The smallest absolute Gasteiger partial charge is 0.193 e. The summed E-state index contributed by atoms with van der Waals surface area (Å²) >= 11 is 0. The first-order chi connectivity index (χ1) is 9.23. The number of rotatable bonds is 3. The van der Waals surface area contributed by atoms with Gasteiger partial charge >= 0.3 is 0 Å². The molecule has 2 heterocycles. The van der Waals surface area contributed by atoms with Crippen LogP contribution in [0, 0.1) is 11.3 Å². The van der Waals surface area contributed by atoms with Crippen molar-refractivity contribution in [3.8, 4) is 0 Å². The van der Waals surface area contributed by atoms with Crippen LogP contribution in [0.1, 0.15) is 58.3 Å². The second kappa shape index (κ2) is 5.27. The first-order valence-corrected chi connectivity index (χ1v) is 7.77. The number of nitrogens with one attached hydrogen (secondary N) is 1. The van der Waals surface area contributed by atoms with Gasteiger partial charge in [-0.25, -0.2) is 0 Å². The van der Waals surface area contributed by atoms with Gasteiger partial charge in [0.25, 0.3) is 0 Å². The van der Waals surface area contributed by atoms with Gasteiger partial charge in [0.2, 0.25) is 0 Å². The van der Waals surface area contributed by atoms with E-state index in [9.17, 15) is 0 Å². The van der Waals surface area contributed by atoms with Crippen molar-refractivity contribution in [1.29, 1.82) is 0 Å². The molecule has 3 aliphatic rings. The van der Waals surface area contributed by atoms with E-state index in [0.29, 0.717) is 5.41 Å². The number of nitrogens with zero attached hydrogens (tertiary/aromatic N) is 4. The normalized spacial score (nSPS) is 29.7. The zero-order chi connectivity index (χ0) is 13.2. The Morgan fingerprint density at radius 2 is 1.63 bits per heavy atom. The second-order valence-corrected chi connectivity index (χ2v) is 6.72. The third-order valence-electron chi connectivity index (χ3n) is 5.32. The van der Waals surface area contributed by atoms with E-state index < -0.39 is 5.66 Å². The molecule has 19 heavy (non-hydrogen) atoms. The van der Waals surface area contributed by atoms with E-state index in [-0.39, 0.29) is 0 Å². The third-order valence-corrected chi connectivity index (χ3v) is 5.32. The van der Waals surface area contributed by atoms with Crippen LogP contribution in [-0.2, 0) is 0 Å². The quantitative estimate of drug-likeness (QED) is 0.825. The van der Waals surface area contributed by atoms with Crippen molar-refractivity contribution in [2.45, 2.75) is 64.0 Å². The Labute approximate surface area is 115 Å². The molecule has 0 bridgehead atoms. The van der Waals surface area contributed by atoms with Gasteiger partial charge in [-0.2, -0.15) is 0 Å². The van der Waals surface area contributed by atoms with Gasteiger partial charge < -0.3 is 5.32 Å². The lowest BCUT2D eigenvalue weighted by Gasteiger charge is -2.47. The number of hydrogen-bond acceptors (Lipinski definition) is 5. The van der Waals surface area contributed by atoms with E-state index in [4.69, 9.17) is 0 Å². The van der Waals surface area contributed by atoms with Gasteiger partial charge in [-0.1, -0.05) is 19.3 Å². The van der Waals surface area contributed by atoms with E-state index in [1.165, 1.54) is 44.9 Å². The molecule has 0 unspecified atom stereocenters. The highest BCUT2D eigenvalue weighted by Gasteiger charge is 2.46. The topological polar surface area (TPSA) is 61.5 Å². The maximum atomic E-state index is 4.27. The Morgan fingerprint density at radius 1 is 1.00 bits per heavy atom. The average Bonchev–Trinajstić information content (AvgIpc) is 2.87. The Kier molecular flexibility index (Phi) is 3.65. The Hall–Kier alpha value is -0.840. The van der Waals surface area contributed by atoms with Crippen molar-refractivity contribution in [2.24, 2.45) is 32.0 Å². The summed E-state index contributed by atoms with van der Waals surface area (Å²) in [5.41, 5.74) is 0.0115. The summed E-state index contributed by atoms with van der Waals surface area (Å²) in [6, 6.07) is 0. The molecule has 0 amide bonds. The predicted octanol–water partition coefficient (Wildman–Crippen LogP) is 3.88. The fraction of sp³-hybridized carbons (Fsp3) is 1.00. The lowest BCUT2D eigenvalue weighted by atomic mass is 9.61. The molecule has 2 fully saturated rings. The van der Waals surface area contributed by atoms with Gasteiger partial charge in [-0.05, 0) is 67.5 Å². The largest absolute Gasteiger partial charge is 0.317 e. The molecule has 0 aromatic rings. The molecule has 0 radical (unpaired) electrons. The third kappa shape index (κ3) is 2.71. The van der Waals surface area contributed by atoms with Crippen molar-refractivity contribution >= 4 is 0 Å². The molecule has 106 valence electrons. The molecule has 1 aliphatic carbocycles. The van der Waals surface area contributed by atoms with Crippen molar-refractivity contribution in [2.75, 3.05) is 13.1 Å². The monoisotopic (exact) mass is 263 g/mol. The summed E-state index contributed by atoms with van der Waals surface area (Å²) in [6.07, 6.45) is 10.6. The molecule has 2 aliphatic heterocycles. The Morgan fingerprint density at radius 3 is 2.26 bits per heavy atom. The molecule has 5 heteroatoms. The molecular weight excluding hydrogens is 238 g/mol. The summed E-state index contributed by atoms with van der Waals surface area (Å²) in [5, 5.41) is 19.5. The summed E-state index contributed by atoms with van der Waals surface area (Å²) < 4.78 is 0. The minimum absolute atomic E-state index is 0.394. The maximum absolute atomic E-state index is 4.27. The zero-order valence-corrected chi connectivity index (χ0v) is 11.9. The summed E-state index contributed by atoms with van der Waals surface area (Å²) in [5.74, 6) is 0.853. The minimum Gasteiger partial charge on any atom is -0.317 e. The molecule has 5 nitrogen and oxygen atoms in total. The van der Waals surface area contributed by atoms with E-state index >= 15 is 0 Å². The van der Waals surface area contributed by atoms with Crippen molar-refractivity contribution in [1.82, 2.24) is 5.32 Å². The molecule has 1 saturated carbocycles. The SMILES string of the molecule is CC1(CC2(C3CCCCC3)CCNCC2)N=NN=N1. The fourth-order valence-corrected chi connectivity index (χ4v) is 4.36. The molecule has 1 saturated heterocycles. The molecule has 0 spiro atoms. The summed E-state index contributed by atoms with van der Waals surface area (Å²) in [7, 11) is 0. The summed E-state index contributed by atoms with van der Waals surface area (Å²) in [6.45, 7) is 4.36. The van der Waals surface area contributed by atoms with Crippen LogP contribution in [0.5, 0.6) is 0 Å². The zero-order valence-electron chi connectivity index (χ0n) is 11.9. The highest BCUT2D eigenvalue weighted by molar-refractivity contribution is 4.98. The van der Waals surface area contributed by atoms with E-state index in [1.54, 1.807) is 0 Å². The molecular formula is C14H25N5. The highest BCUT2D eigenvalue weighted by Crippen LogP contribution is 2.50. The lowest BCUT2D eigenvalue weighted by Crippen LogP contribution is -2.45. The summed E-state index contributed by atoms with van der Waals surface area (Å²) in [4.78, 5) is 0. The molecule has 0 aromatic heterocycles. The van der Waals surface area contributed by atoms with Crippen LogP contribution in [0.4, 0.5) is 0 Å². The van der Waals surface area contributed by atoms with Gasteiger partial charge in [-0.3, -0.25) is 0 Å². The van der Waals surface area contributed by atoms with Crippen LogP contribution in [-0.4, -0.2) is 18.8 Å². The van der Waals surface area contributed by atoms with Gasteiger partial charge in [0, 0.05) is 6.42 Å². The van der Waals surface area contributed by atoms with Crippen LogP contribution in [0.2, 0.25) is 0 Å². The van der Waals surface area contributed by atoms with Crippen molar-refractivity contribution in [3.05, 3.63) is 0 Å². The van der Waals surface area contributed by atoms with Gasteiger partial charge in [0.1, 0.15) is 0 Å². The lowest BCUT2D eigenvalue weighted by molar-refractivity contribution is 0.0436. The van der Waals surface area contributed by atoms with Crippen LogP contribution >= 0.6 is 0 Å². The van der Waals surface area contributed by atoms with Crippen LogP contribution < -0.4 is 5.32 Å². The van der Waals surface area contributed by atoms with Crippen LogP contribution in [0.3, 0.4) is 0 Å². The maximum Gasteiger partial charge on any atom is 0.193 e. The molecule has 3 rings (SSSR count). The van der Waals surface area contributed by atoms with Gasteiger partial charge in [0.15, 0.2) is 5.66 Å². The second-order valence-electron chi connectivity index (χ2n) is 6.72. The molecule has 0 aromatic carbocycles. The fourth-order valence-electron chi connectivity index (χ4n) is 4.36.